The fourth-order valence-corrected chi connectivity index (χ4v) is 4.12. The molecular weight excluding hydrogens is 375 g/mol. The number of para-hydroxylation sites is 2. The molecule has 5 heteroatoms. The lowest BCUT2D eigenvalue weighted by molar-refractivity contribution is 0.626. The summed E-state index contributed by atoms with van der Waals surface area (Å²) < 4.78 is 17.7. The van der Waals surface area contributed by atoms with Crippen LogP contribution in [0.25, 0.3) is 10.8 Å². The molecule has 1 aliphatic rings. The maximum atomic E-state index is 13.4. The normalized spacial score (nSPS) is 14.4. The highest BCUT2D eigenvalue weighted by atomic mass is 19.1. The summed E-state index contributed by atoms with van der Waals surface area (Å²) in [7, 11) is 0. The third kappa shape index (κ3) is 3.03. The van der Waals surface area contributed by atoms with Crippen LogP contribution >= 0.6 is 0 Å². The predicted octanol–water partition coefficient (Wildman–Crippen LogP) is 4.12. The maximum Gasteiger partial charge on any atom is 0.436 e. The molecule has 4 aromatic rings. The average molecular weight is 397 g/mol. The van der Waals surface area contributed by atoms with Crippen LogP contribution in [0.15, 0.2) is 82.8 Å². The molecule has 0 atom stereocenters. The molecule has 0 unspecified atom stereocenters. The number of fused-ring (bicyclic) bond motifs is 2. The van der Waals surface area contributed by atoms with E-state index in [-0.39, 0.29) is 5.82 Å². The lowest BCUT2D eigenvalue weighted by atomic mass is 10.2. The van der Waals surface area contributed by atoms with Gasteiger partial charge in [0.1, 0.15) is 11.2 Å². The fourth-order valence-electron chi connectivity index (χ4n) is 4.12. The Morgan fingerprint density at radius 2 is 1.63 bits per heavy atom. The van der Waals surface area contributed by atoms with E-state index in [2.05, 4.69) is 41.2 Å². The Balaban J connectivity index is 1.71. The smallest absolute Gasteiger partial charge is 0.316 e. The standard InChI is InChI=1S/C25H22FN4/c1-3-29-17(2)20-8-4-5-9-21(20)24(29)28-25-27-22-10-6-7-11-23(22)30(25)16-18-12-14-19(26)15-13-18/h4-15H,3,16H2,1-2H3/q+1. The van der Waals surface area contributed by atoms with Gasteiger partial charge in [-0.15, -0.1) is 0 Å². The van der Waals surface area contributed by atoms with Gasteiger partial charge in [-0.3, -0.25) is 0 Å². The second-order valence-corrected chi connectivity index (χ2v) is 7.42. The van der Waals surface area contributed by atoms with Gasteiger partial charge in [0.05, 0.1) is 6.54 Å². The van der Waals surface area contributed by atoms with E-state index in [0.29, 0.717) is 12.5 Å². The molecular formula is C25H22FN4+. The van der Waals surface area contributed by atoms with Crippen molar-refractivity contribution in [1.82, 2.24) is 9.14 Å². The van der Waals surface area contributed by atoms with Crippen LogP contribution < -0.4 is 15.3 Å². The SMILES string of the molecule is CCn1c(C)c2ccccc2c1N=C1N=c2ccccc2=[N+]1Cc1ccc(F)cc1. The molecule has 3 aromatic carbocycles. The Bertz CT molecular complexity index is 1410. The number of aliphatic imine (C=N–C) groups is 1. The summed E-state index contributed by atoms with van der Waals surface area (Å²) in [5.74, 6) is 1.33. The maximum absolute atomic E-state index is 13.4. The number of hydrogen-bond acceptors (Lipinski definition) is 1. The van der Waals surface area contributed by atoms with Gasteiger partial charge >= 0.3 is 5.96 Å². The second kappa shape index (κ2) is 7.34. The fraction of sp³-hybridized carbons (Fsp3) is 0.160. The molecule has 0 fully saturated rings. The van der Waals surface area contributed by atoms with Crippen molar-refractivity contribution in [3.63, 3.8) is 0 Å². The van der Waals surface area contributed by atoms with E-state index in [4.69, 9.17) is 9.98 Å². The Hall–Kier alpha value is -3.60. The molecule has 2 heterocycles. The van der Waals surface area contributed by atoms with Crippen LogP contribution in [0.1, 0.15) is 18.2 Å². The highest BCUT2D eigenvalue weighted by Crippen LogP contribution is 2.32. The summed E-state index contributed by atoms with van der Waals surface area (Å²) >= 11 is 0. The van der Waals surface area contributed by atoms with Crippen molar-refractivity contribution in [3.8, 4) is 0 Å². The Morgan fingerprint density at radius 3 is 2.40 bits per heavy atom. The van der Waals surface area contributed by atoms with E-state index in [1.807, 2.05) is 42.5 Å². The van der Waals surface area contributed by atoms with E-state index in [1.54, 1.807) is 0 Å². The van der Waals surface area contributed by atoms with Crippen molar-refractivity contribution in [2.75, 3.05) is 0 Å². The minimum Gasteiger partial charge on any atom is -0.316 e. The van der Waals surface area contributed by atoms with Gasteiger partial charge in [0.2, 0.25) is 5.82 Å². The molecule has 0 amide bonds. The summed E-state index contributed by atoms with van der Waals surface area (Å²) in [4.78, 5) is 9.87. The number of aryl methyl sites for hydroxylation is 1. The van der Waals surface area contributed by atoms with Gasteiger partial charge in [-0.1, -0.05) is 47.5 Å². The van der Waals surface area contributed by atoms with Crippen molar-refractivity contribution < 1.29 is 4.39 Å². The van der Waals surface area contributed by atoms with Gasteiger partial charge in [0.25, 0.3) is 0 Å². The van der Waals surface area contributed by atoms with Gasteiger partial charge in [0.15, 0.2) is 5.36 Å². The number of guanidine groups is 1. The zero-order chi connectivity index (χ0) is 20.7. The van der Waals surface area contributed by atoms with Gasteiger partial charge in [-0.05, 0) is 54.7 Å². The topological polar surface area (TPSA) is 32.7 Å². The zero-order valence-electron chi connectivity index (χ0n) is 17.0. The van der Waals surface area contributed by atoms with E-state index < -0.39 is 0 Å². The quantitative estimate of drug-likeness (QED) is 0.464. The van der Waals surface area contributed by atoms with E-state index >= 15 is 0 Å². The average Bonchev–Trinajstić information content (AvgIpc) is 3.25. The zero-order valence-corrected chi connectivity index (χ0v) is 17.0. The Morgan fingerprint density at radius 1 is 0.933 bits per heavy atom. The van der Waals surface area contributed by atoms with E-state index in [9.17, 15) is 4.39 Å². The van der Waals surface area contributed by atoms with Crippen LogP contribution in [-0.2, 0) is 13.1 Å². The third-order valence-electron chi connectivity index (χ3n) is 5.63. The summed E-state index contributed by atoms with van der Waals surface area (Å²) in [6.45, 7) is 5.67. The molecule has 30 heavy (non-hydrogen) atoms. The molecule has 0 saturated carbocycles. The molecule has 0 radical (unpaired) electrons. The number of aromatic nitrogens is 1. The molecule has 1 aliphatic heterocycles. The molecule has 0 saturated heterocycles. The lowest BCUT2D eigenvalue weighted by Crippen LogP contribution is -2.35. The van der Waals surface area contributed by atoms with Crippen LogP contribution in [0.2, 0.25) is 0 Å². The molecule has 5 rings (SSSR count). The van der Waals surface area contributed by atoms with Gasteiger partial charge < -0.3 is 4.57 Å². The van der Waals surface area contributed by atoms with Gasteiger partial charge in [0, 0.05) is 23.0 Å². The molecule has 0 bridgehead atoms. The van der Waals surface area contributed by atoms with Crippen molar-refractivity contribution in [3.05, 3.63) is 101 Å². The van der Waals surface area contributed by atoms with Crippen LogP contribution in [0.4, 0.5) is 10.2 Å². The lowest BCUT2D eigenvalue weighted by Gasteiger charge is -2.04. The minimum atomic E-state index is -0.234. The molecule has 4 nitrogen and oxygen atoms in total. The summed E-state index contributed by atoms with van der Waals surface area (Å²) in [5, 5.41) is 4.24. The van der Waals surface area contributed by atoms with E-state index in [1.165, 1.54) is 23.2 Å². The van der Waals surface area contributed by atoms with Gasteiger partial charge in [-0.25, -0.2) is 8.97 Å². The minimum absolute atomic E-state index is 0.234. The molecule has 0 spiro atoms. The molecule has 1 aromatic heterocycles. The highest BCUT2D eigenvalue weighted by molar-refractivity contribution is 5.98. The van der Waals surface area contributed by atoms with E-state index in [0.717, 1.165) is 34.0 Å². The number of halogens is 1. The first-order valence-corrected chi connectivity index (χ1v) is 10.1. The Labute approximate surface area is 174 Å². The monoisotopic (exact) mass is 397 g/mol. The molecule has 0 aliphatic carbocycles. The first-order chi connectivity index (χ1) is 14.7. The summed E-state index contributed by atoms with van der Waals surface area (Å²) in [5.41, 5.74) is 2.20. The van der Waals surface area contributed by atoms with Crippen LogP contribution in [-0.4, -0.2) is 10.5 Å². The predicted molar refractivity (Wildman–Crippen MR) is 118 cm³/mol. The number of rotatable bonds is 4. The first-order valence-electron chi connectivity index (χ1n) is 10.1. The highest BCUT2D eigenvalue weighted by Gasteiger charge is 2.25. The largest absolute Gasteiger partial charge is 0.436 e. The van der Waals surface area contributed by atoms with Crippen molar-refractivity contribution in [2.24, 2.45) is 9.98 Å². The number of hydrogen-bond donors (Lipinski definition) is 0. The molecule has 148 valence electrons. The number of benzene rings is 3. The Kier molecular flexibility index (Phi) is 4.51. The first kappa shape index (κ1) is 18.4. The third-order valence-corrected chi connectivity index (χ3v) is 5.63. The molecule has 0 N–H and O–H groups in total. The van der Waals surface area contributed by atoms with Crippen molar-refractivity contribution >= 4 is 22.5 Å². The van der Waals surface area contributed by atoms with Crippen LogP contribution in [0.5, 0.6) is 0 Å². The summed E-state index contributed by atoms with van der Waals surface area (Å²) in [6, 6.07) is 23.0. The van der Waals surface area contributed by atoms with Crippen molar-refractivity contribution in [2.45, 2.75) is 26.9 Å². The van der Waals surface area contributed by atoms with Crippen LogP contribution in [0, 0.1) is 12.7 Å². The van der Waals surface area contributed by atoms with Crippen LogP contribution in [0.3, 0.4) is 0 Å². The second-order valence-electron chi connectivity index (χ2n) is 7.42. The van der Waals surface area contributed by atoms with Crippen molar-refractivity contribution in [1.29, 1.82) is 0 Å². The summed E-state index contributed by atoms with van der Waals surface area (Å²) in [6.07, 6.45) is 0. The van der Waals surface area contributed by atoms with Gasteiger partial charge in [-0.2, -0.15) is 0 Å². The number of nitrogens with zero attached hydrogens (tertiary/aromatic N) is 4.